The Balaban J connectivity index is 2.14. The first-order valence-corrected chi connectivity index (χ1v) is 11.0. The van der Waals surface area contributed by atoms with Crippen LogP contribution in [0.4, 0.5) is 5.69 Å². The zero-order valence-electron chi connectivity index (χ0n) is 17.7. The quantitative estimate of drug-likeness (QED) is 0.525. The zero-order chi connectivity index (χ0) is 22.1. The van der Waals surface area contributed by atoms with E-state index in [4.69, 9.17) is 14.2 Å². The molecule has 0 heterocycles. The molecule has 8 nitrogen and oxygen atoms in total. The normalized spacial score (nSPS) is 11.1. The number of methoxy groups -OCH3 is 3. The van der Waals surface area contributed by atoms with E-state index in [-0.39, 0.29) is 17.2 Å². The lowest BCUT2D eigenvalue weighted by molar-refractivity contribution is -0.115. The van der Waals surface area contributed by atoms with Gasteiger partial charge in [-0.05, 0) is 42.3 Å². The molecule has 1 amide bonds. The molecule has 0 aromatic heterocycles. The maximum absolute atomic E-state index is 12.5. The van der Waals surface area contributed by atoms with Crippen molar-refractivity contribution < 1.29 is 27.4 Å². The highest BCUT2D eigenvalue weighted by atomic mass is 32.2. The van der Waals surface area contributed by atoms with Crippen molar-refractivity contribution in [1.82, 2.24) is 4.72 Å². The number of sulfonamides is 1. The van der Waals surface area contributed by atoms with Crippen LogP contribution in [-0.4, -0.2) is 42.2 Å². The van der Waals surface area contributed by atoms with Gasteiger partial charge in [-0.3, -0.25) is 4.79 Å². The first-order chi connectivity index (χ1) is 14.3. The molecule has 0 aliphatic heterocycles. The topological polar surface area (TPSA) is 103 Å². The molecule has 0 aliphatic rings. The second kappa shape index (κ2) is 10.8. The molecule has 0 aliphatic carbocycles. The van der Waals surface area contributed by atoms with E-state index in [1.807, 2.05) is 6.92 Å². The summed E-state index contributed by atoms with van der Waals surface area (Å²) in [6, 6.07) is 9.53. The van der Waals surface area contributed by atoms with Crippen molar-refractivity contribution in [2.75, 3.05) is 33.2 Å². The summed E-state index contributed by atoms with van der Waals surface area (Å²) in [6.07, 6.45) is 1.69. The average molecular weight is 437 g/mol. The van der Waals surface area contributed by atoms with E-state index in [1.165, 1.54) is 33.5 Å². The summed E-state index contributed by atoms with van der Waals surface area (Å²) >= 11 is 0. The largest absolute Gasteiger partial charge is 0.493 e. The second-order valence-electron chi connectivity index (χ2n) is 6.54. The summed E-state index contributed by atoms with van der Waals surface area (Å²) < 4.78 is 43.2. The van der Waals surface area contributed by atoms with Gasteiger partial charge in [0.2, 0.25) is 21.7 Å². The Kier molecular flexibility index (Phi) is 8.49. The number of carbonyl (C=O) groups excluding carboxylic acids is 1. The van der Waals surface area contributed by atoms with Gasteiger partial charge in [-0.15, -0.1) is 0 Å². The Labute approximate surface area is 177 Å². The molecule has 0 saturated carbocycles. The Bertz CT molecular complexity index is 950. The molecule has 9 heteroatoms. The molecule has 0 fully saturated rings. The molecule has 164 valence electrons. The lowest BCUT2D eigenvalue weighted by atomic mass is 10.1. The minimum absolute atomic E-state index is 0.0441. The van der Waals surface area contributed by atoms with E-state index in [0.29, 0.717) is 35.0 Å². The van der Waals surface area contributed by atoms with Crippen molar-refractivity contribution in [3.63, 3.8) is 0 Å². The van der Waals surface area contributed by atoms with E-state index in [2.05, 4.69) is 10.0 Å². The summed E-state index contributed by atoms with van der Waals surface area (Å²) in [5.41, 5.74) is 1.05. The van der Waals surface area contributed by atoms with Crippen molar-refractivity contribution >= 4 is 21.6 Å². The van der Waals surface area contributed by atoms with Gasteiger partial charge in [-0.1, -0.05) is 19.4 Å². The molecular weight excluding hydrogens is 408 g/mol. The number of hydrogen-bond donors (Lipinski definition) is 2. The summed E-state index contributed by atoms with van der Waals surface area (Å²) in [7, 11) is 0.884. The van der Waals surface area contributed by atoms with Crippen LogP contribution in [0.3, 0.4) is 0 Å². The molecule has 0 saturated heterocycles. The van der Waals surface area contributed by atoms with Crippen LogP contribution in [0, 0.1) is 0 Å². The monoisotopic (exact) mass is 436 g/mol. The molecule has 2 aromatic rings. The standard InChI is InChI=1S/C21H28N2O6S/c1-5-6-10-22-30(25,26)17-9-7-8-16(14-17)23-20(24)13-15-11-18(27-2)21(29-4)19(12-15)28-3/h7-9,11-12,14,22H,5-6,10,13H2,1-4H3,(H,23,24). The van der Waals surface area contributed by atoms with Crippen molar-refractivity contribution in [2.24, 2.45) is 0 Å². The van der Waals surface area contributed by atoms with E-state index in [9.17, 15) is 13.2 Å². The Hall–Kier alpha value is -2.78. The van der Waals surface area contributed by atoms with Crippen LogP contribution in [0.15, 0.2) is 41.3 Å². The third-order valence-corrected chi connectivity index (χ3v) is 5.80. The fraction of sp³-hybridized carbons (Fsp3) is 0.381. The number of hydrogen-bond acceptors (Lipinski definition) is 6. The van der Waals surface area contributed by atoms with Gasteiger partial charge >= 0.3 is 0 Å². The summed E-state index contributed by atoms with van der Waals surface area (Å²) in [5.74, 6) is 1.03. The molecule has 0 radical (unpaired) electrons. The van der Waals surface area contributed by atoms with Crippen molar-refractivity contribution in [3.05, 3.63) is 42.0 Å². The lowest BCUT2D eigenvalue weighted by Crippen LogP contribution is -2.25. The number of amides is 1. The highest BCUT2D eigenvalue weighted by Crippen LogP contribution is 2.38. The van der Waals surface area contributed by atoms with Crippen LogP contribution in [0.1, 0.15) is 25.3 Å². The van der Waals surface area contributed by atoms with Gasteiger partial charge in [-0.25, -0.2) is 13.1 Å². The van der Waals surface area contributed by atoms with Crippen LogP contribution in [-0.2, 0) is 21.2 Å². The first kappa shape index (κ1) is 23.5. The SMILES string of the molecule is CCCCNS(=O)(=O)c1cccc(NC(=O)Cc2cc(OC)c(OC)c(OC)c2)c1. The van der Waals surface area contributed by atoms with Crippen molar-refractivity contribution in [1.29, 1.82) is 0 Å². The number of unbranched alkanes of at least 4 members (excludes halogenated alkanes) is 1. The van der Waals surface area contributed by atoms with Crippen LogP contribution >= 0.6 is 0 Å². The molecule has 2 rings (SSSR count). The lowest BCUT2D eigenvalue weighted by Gasteiger charge is -2.14. The van der Waals surface area contributed by atoms with Crippen LogP contribution in [0.2, 0.25) is 0 Å². The summed E-state index contributed by atoms with van der Waals surface area (Å²) in [5, 5.41) is 2.73. The van der Waals surface area contributed by atoms with Crippen molar-refractivity contribution in [3.8, 4) is 17.2 Å². The number of ether oxygens (including phenoxy) is 3. The van der Waals surface area contributed by atoms with Gasteiger partial charge in [0, 0.05) is 12.2 Å². The fourth-order valence-corrected chi connectivity index (χ4v) is 3.96. The average Bonchev–Trinajstić information content (AvgIpc) is 2.73. The highest BCUT2D eigenvalue weighted by Gasteiger charge is 2.16. The van der Waals surface area contributed by atoms with Gasteiger partial charge < -0.3 is 19.5 Å². The van der Waals surface area contributed by atoms with Gasteiger partial charge in [0.15, 0.2) is 11.5 Å². The maximum Gasteiger partial charge on any atom is 0.240 e. The molecule has 0 atom stereocenters. The number of rotatable bonds is 11. The molecular formula is C21H28N2O6S. The predicted octanol–water partition coefficient (Wildman–Crippen LogP) is 2.97. The number of nitrogens with one attached hydrogen (secondary N) is 2. The minimum atomic E-state index is -3.62. The molecule has 2 aromatic carbocycles. The third-order valence-electron chi connectivity index (χ3n) is 4.34. The molecule has 0 spiro atoms. The maximum atomic E-state index is 12.5. The van der Waals surface area contributed by atoms with Crippen LogP contribution in [0.25, 0.3) is 0 Å². The smallest absolute Gasteiger partial charge is 0.240 e. The Morgan fingerprint density at radius 3 is 2.23 bits per heavy atom. The van der Waals surface area contributed by atoms with Gasteiger partial charge in [-0.2, -0.15) is 0 Å². The Morgan fingerprint density at radius 1 is 1.00 bits per heavy atom. The highest BCUT2D eigenvalue weighted by molar-refractivity contribution is 7.89. The van der Waals surface area contributed by atoms with Crippen LogP contribution in [0.5, 0.6) is 17.2 Å². The second-order valence-corrected chi connectivity index (χ2v) is 8.30. The first-order valence-electron chi connectivity index (χ1n) is 9.53. The van der Waals surface area contributed by atoms with E-state index in [0.717, 1.165) is 12.8 Å². The summed E-state index contributed by atoms with van der Waals surface area (Å²) in [6.45, 7) is 2.36. The number of benzene rings is 2. The number of anilines is 1. The zero-order valence-corrected chi connectivity index (χ0v) is 18.5. The number of carbonyl (C=O) groups is 1. The fourth-order valence-electron chi connectivity index (χ4n) is 2.84. The molecule has 0 bridgehead atoms. The van der Waals surface area contributed by atoms with E-state index < -0.39 is 10.0 Å². The van der Waals surface area contributed by atoms with Gasteiger partial charge in [0.25, 0.3) is 0 Å². The Morgan fingerprint density at radius 2 is 1.67 bits per heavy atom. The van der Waals surface area contributed by atoms with Crippen LogP contribution < -0.4 is 24.2 Å². The molecule has 0 unspecified atom stereocenters. The van der Waals surface area contributed by atoms with E-state index >= 15 is 0 Å². The predicted molar refractivity (Wildman–Crippen MR) is 115 cm³/mol. The van der Waals surface area contributed by atoms with E-state index in [1.54, 1.807) is 24.3 Å². The summed E-state index contributed by atoms with van der Waals surface area (Å²) in [4.78, 5) is 12.6. The van der Waals surface area contributed by atoms with Gasteiger partial charge in [0.05, 0.1) is 32.6 Å². The molecule has 2 N–H and O–H groups in total. The molecule has 30 heavy (non-hydrogen) atoms. The van der Waals surface area contributed by atoms with Gasteiger partial charge in [0.1, 0.15) is 0 Å². The minimum Gasteiger partial charge on any atom is -0.493 e. The third kappa shape index (κ3) is 6.11. The van der Waals surface area contributed by atoms with Crippen molar-refractivity contribution in [2.45, 2.75) is 31.1 Å².